The summed E-state index contributed by atoms with van der Waals surface area (Å²) < 4.78 is 1.04. The number of hydrogen-bond acceptors (Lipinski definition) is 4. The summed E-state index contributed by atoms with van der Waals surface area (Å²) in [4.78, 5) is 8.96. The Morgan fingerprint density at radius 3 is 2.93 bits per heavy atom. The maximum Gasteiger partial charge on any atom is 0.115 e. The van der Waals surface area contributed by atoms with Crippen LogP contribution in [0.5, 0.6) is 0 Å². The monoisotopic (exact) mass is 284 g/mol. The maximum atomic E-state index is 9.91. The van der Waals surface area contributed by atoms with E-state index in [1.807, 2.05) is 11.4 Å². The van der Waals surface area contributed by atoms with Gasteiger partial charge in [-0.3, -0.25) is 0 Å². The van der Waals surface area contributed by atoms with Crippen LogP contribution in [0.3, 0.4) is 0 Å². The zero-order chi connectivity index (χ0) is 10.7. The molecular weight excluding hydrogens is 276 g/mol. The normalized spacial score (nSPS) is 12.7. The van der Waals surface area contributed by atoms with Crippen molar-refractivity contribution in [2.75, 3.05) is 0 Å². The number of aliphatic hydroxyl groups excluding tert-OH is 1. The zero-order valence-electron chi connectivity index (χ0n) is 7.80. The summed E-state index contributed by atoms with van der Waals surface area (Å²) in [6, 6.07) is 3.71. The summed E-state index contributed by atoms with van der Waals surface area (Å²) >= 11 is 5.06. The van der Waals surface area contributed by atoms with Crippen molar-refractivity contribution >= 4 is 27.3 Å². The number of rotatable bonds is 3. The van der Waals surface area contributed by atoms with Crippen molar-refractivity contribution in [1.82, 2.24) is 9.97 Å². The fraction of sp³-hybridized carbons (Fsp3) is 0.200. The van der Waals surface area contributed by atoms with Crippen LogP contribution < -0.4 is 0 Å². The number of halogens is 1. The molecule has 0 radical (unpaired) electrons. The molecule has 0 aliphatic rings. The first-order chi connectivity index (χ1) is 7.27. The summed E-state index contributed by atoms with van der Waals surface area (Å²) in [5, 5.41) is 11.9. The van der Waals surface area contributed by atoms with Crippen LogP contribution in [-0.4, -0.2) is 15.1 Å². The lowest BCUT2D eigenvalue weighted by molar-refractivity contribution is 0.174. The van der Waals surface area contributed by atoms with Gasteiger partial charge in [0, 0.05) is 22.0 Å². The molecule has 78 valence electrons. The van der Waals surface area contributed by atoms with Crippen LogP contribution in [0.4, 0.5) is 0 Å². The van der Waals surface area contributed by atoms with E-state index < -0.39 is 6.10 Å². The Morgan fingerprint density at radius 2 is 2.33 bits per heavy atom. The third kappa shape index (κ3) is 2.62. The summed E-state index contributed by atoms with van der Waals surface area (Å²) in [6.45, 7) is 0. The number of aromatic nitrogens is 2. The van der Waals surface area contributed by atoms with Gasteiger partial charge >= 0.3 is 0 Å². The molecule has 2 aromatic heterocycles. The van der Waals surface area contributed by atoms with E-state index in [0.717, 1.165) is 9.35 Å². The fourth-order valence-electron chi connectivity index (χ4n) is 1.25. The highest BCUT2D eigenvalue weighted by atomic mass is 79.9. The van der Waals surface area contributed by atoms with Crippen LogP contribution in [0, 0.1) is 0 Å². The molecule has 0 amide bonds. The molecule has 1 atom stereocenters. The molecule has 2 aromatic rings. The van der Waals surface area contributed by atoms with Crippen molar-refractivity contribution in [1.29, 1.82) is 0 Å². The van der Waals surface area contributed by atoms with E-state index in [1.54, 1.807) is 23.6 Å². The van der Waals surface area contributed by atoms with Crippen molar-refractivity contribution in [2.45, 2.75) is 12.5 Å². The second-order valence-corrected chi connectivity index (χ2v) is 4.90. The third-order valence-corrected chi connectivity index (χ3v) is 3.96. The highest BCUT2D eigenvalue weighted by Gasteiger charge is 2.12. The maximum absolute atomic E-state index is 9.91. The number of aliphatic hydroxyl groups is 1. The first-order valence-corrected chi connectivity index (χ1v) is 6.10. The largest absolute Gasteiger partial charge is 0.386 e. The van der Waals surface area contributed by atoms with E-state index in [0.29, 0.717) is 12.1 Å². The third-order valence-electron chi connectivity index (χ3n) is 2.02. The van der Waals surface area contributed by atoms with Gasteiger partial charge in [-0.25, -0.2) is 9.97 Å². The van der Waals surface area contributed by atoms with Gasteiger partial charge in [0.1, 0.15) is 12.4 Å². The molecule has 1 N–H and O–H groups in total. The summed E-state index contributed by atoms with van der Waals surface area (Å²) in [7, 11) is 0. The van der Waals surface area contributed by atoms with Gasteiger partial charge in [-0.1, -0.05) is 0 Å². The van der Waals surface area contributed by atoms with Crippen molar-refractivity contribution in [2.24, 2.45) is 0 Å². The van der Waals surface area contributed by atoms with Crippen LogP contribution in [0.15, 0.2) is 34.5 Å². The zero-order valence-corrected chi connectivity index (χ0v) is 10.2. The molecule has 2 rings (SSSR count). The van der Waals surface area contributed by atoms with Gasteiger partial charge in [0.2, 0.25) is 0 Å². The Labute approximate surface area is 100.0 Å². The van der Waals surface area contributed by atoms with Crippen LogP contribution in [0.2, 0.25) is 0 Å². The molecule has 0 fully saturated rings. The predicted octanol–water partition coefficient (Wildman–Crippen LogP) is 2.58. The molecule has 0 aliphatic heterocycles. The van der Waals surface area contributed by atoms with Gasteiger partial charge in [0.15, 0.2) is 0 Å². The van der Waals surface area contributed by atoms with Gasteiger partial charge in [-0.2, -0.15) is 0 Å². The van der Waals surface area contributed by atoms with Gasteiger partial charge < -0.3 is 5.11 Å². The highest BCUT2D eigenvalue weighted by Crippen LogP contribution is 2.27. The van der Waals surface area contributed by atoms with E-state index >= 15 is 0 Å². The van der Waals surface area contributed by atoms with Crippen molar-refractivity contribution < 1.29 is 5.11 Å². The first kappa shape index (κ1) is 10.7. The Kier molecular flexibility index (Phi) is 3.45. The van der Waals surface area contributed by atoms with Crippen LogP contribution in [0.25, 0.3) is 0 Å². The van der Waals surface area contributed by atoms with Crippen LogP contribution in [0.1, 0.15) is 16.7 Å². The fourth-order valence-corrected chi connectivity index (χ4v) is 2.80. The molecule has 3 nitrogen and oxygen atoms in total. The number of hydrogen-bond donors (Lipinski definition) is 1. The van der Waals surface area contributed by atoms with Crippen molar-refractivity contribution in [3.63, 3.8) is 0 Å². The molecule has 0 saturated heterocycles. The Balaban J connectivity index is 2.11. The average molecular weight is 285 g/mol. The minimum absolute atomic E-state index is 0.567. The lowest BCUT2D eigenvalue weighted by Crippen LogP contribution is -2.03. The SMILES string of the molecule is OC(Cc1sccc1Br)c1ccncn1. The Morgan fingerprint density at radius 1 is 1.47 bits per heavy atom. The topological polar surface area (TPSA) is 46.0 Å². The minimum Gasteiger partial charge on any atom is -0.386 e. The lowest BCUT2D eigenvalue weighted by Gasteiger charge is -2.08. The summed E-state index contributed by atoms with van der Waals surface area (Å²) in [5.74, 6) is 0. The van der Waals surface area contributed by atoms with Crippen molar-refractivity contribution in [3.8, 4) is 0 Å². The van der Waals surface area contributed by atoms with E-state index in [2.05, 4.69) is 25.9 Å². The molecule has 1 unspecified atom stereocenters. The Bertz CT molecular complexity index is 432. The van der Waals surface area contributed by atoms with E-state index in [-0.39, 0.29) is 0 Å². The van der Waals surface area contributed by atoms with Crippen LogP contribution >= 0.6 is 27.3 Å². The predicted molar refractivity (Wildman–Crippen MR) is 62.7 cm³/mol. The smallest absolute Gasteiger partial charge is 0.115 e. The van der Waals surface area contributed by atoms with Gasteiger partial charge in [-0.15, -0.1) is 11.3 Å². The van der Waals surface area contributed by atoms with E-state index in [4.69, 9.17) is 0 Å². The standard InChI is InChI=1S/C10H9BrN2OS/c11-7-2-4-15-10(7)5-9(14)8-1-3-12-6-13-8/h1-4,6,9,14H,5H2. The summed E-state index contributed by atoms with van der Waals surface area (Å²) in [5.41, 5.74) is 0.658. The van der Waals surface area contributed by atoms with Crippen LogP contribution in [-0.2, 0) is 6.42 Å². The summed E-state index contributed by atoms with van der Waals surface area (Å²) in [6.07, 6.45) is 3.09. The van der Waals surface area contributed by atoms with Gasteiger partial charge in [-0.05, 0) is 33.4 Å². The molecule has 5 heteroatoms. The average Bonchev–Trinajstić information content (AvgIpc) is 2.66. The minimum atomic E-state index is -0.567. The molecule has 0 bridgehead atoms. The van der Waals surface area contributed by atoms with Crippen molar-refractivity contribution in [3.05, 3.63) is 45.1 Å². The molecule has 15 heavy (non-hydrogen) atoms. The van der Waals surface area contributed by atoms with E-state index in [9.17, 15) is 5.11 Å². The van der Waals surface area contributed by atoms with Gasteiger partial charge in [0.25, 0.3) is 0 Å². The second kappa shape index (κ2) is 4.83. The molecular formula is C10H9BrN2OS. The van der Waals surface area contributed by atoms with E-state index in [1.165, 1.54) is 6.33 Å². The van der Waals surface area contributed by atoms with Gasteiger partial charge in [0.05, 0.1) is 5.69 Å². The molecule has 0 aromatic carbocycles. The molecule has 0 saturated carbocycles. The second-order valence-electron chi connectivity index (χ2n) is 3.05. The quantitative estimate of drug-likeness (QED) is 0.942. The Hall–Kier alpha value is -0.780. The number of nitrogens with zero attached hydrogens (tertiary/aromatic N) is 2. The number of thiophene rings is 1. The molecule has 0 aliphatic carbocycles. The lowest BCUT2D eigenvalue weighted by atomic mass is 10.1. The highest BCUT2D eigenvalue weighted by molar-refractivity contribution is 9.10. The first-order valence-electron chi connectivity index (χ1n) is 4.43. The molecule has 0 spiro atoms. The molecule has 2 heterocycles.